The van der Waals surface area contributed by atoms with Crippen molar-refractivity contribution in [1.29, 1.82) is 0 Å². The van der Waals surface area contributed by atoms with Crippen LogP contribution in [0.4, 0.5) is 4.39 Å². The minimum Gasteiger partial charge on any atom is -0.378 e. The van der Waals surface area contributed by atoms with Crippen molar-refractivity contribution in [3.63, 3.8) is 0 Å². The van der Waals surface area contributed by atoms with E-state index >= 15 is 0 Å². The van der Waals surface area contributed by atoms with Gasteiger partial charge < -0.3 is 15.4 Å². The van der Waals surface area contributed by atoms with E-state index in [0.717, 1.165) is 30.4 Å². The number of imidazole rings is 1. The fourth-order valence-corrected chi connectivity index (χ4v) is 4.14. The summed E-state index contributed by atoms with van der Waals surface area (Å²) < 4.78 is 22.1. The van der Waals surface area contributed by atoms with Crippen LogP contribution in [-0.2, 0) is 0 Å². The monoisotopic (exact) mass is 445 g/mol. The molecule has 0 saturated heterocycles. The van der Waals surface area contributed by atoms with Crippen LogP contribution in [0.1, 0.15) is 72.4 Å². The lowest BCUT2D eigenvalue weighted by atomic mass is 9.98. The third-order valence-electron chi connectivity index (χ3n) is 6.01. The van der Waals surface area contributed by atoms with Crippen LogP contribution in [-0.4, -0.2) is 36.3 Å². The number of nitrogens with zero attached hydrogens (tertiary/aromatic N) is 4. The molecule has 166 valence electrons. The molecule has 3 aromatic rings. The fraction of sp³-hybridized carbons (Fsp3) is 0.333. The van der Waals surface area contributed by atoms with Gasteiger partial charge in [0.05, 0.1) is 5.56 Å². The first-order chi connectivity index (χ1) is 15.7. The predicted octanol–water partition coefficient (Wildman–Crippen LogP) is 3.18. The van der Waals surface area contributed by atoms with Gasteiger partial charge in [-0.25, -0.2) is 9.37 Å². The highest BCUT2D eigenvalue weighted by atomic mass is 19.1. The molecule has 1 aliphatic heterocycles. The summed E-state index contributed by atoms with van der Waals surface area (Å²) in [5, 5.41) is 14.0. The standard InChI is InChI=1S/C24H20FN5O3/c1-24(2,32)6-5-12-7-16-15(9-17(12)25)14-8-13(14)10-30-19(18(20(26)31)27-22(16)30)23-28-21(29-33-23)11-3-4-11/h7,9-11,14,32H,3-4,8H2,1-2H3,(H2,26,31). The van der Waals surface area contributed by atoms with Crippen molar-refractivity contribution in [2.24, 2.45) is 5.73 Å². The normalized spacial score (nSPS) is 18.3. The number of aromatic nitrogens is 4. The van der Waals surface area contributed by atoms with Crippen LogP contribution < -0.4 is 5.73 Å². The molecule has 9 heteroatoms. The average molecular weight is 445 g/mol. The van der Waals surface area contributed by atoms with E-state index in [1.807, 2.05) is 6.20 Å². The number of rotatable bonds is 3. The van der Waals surface area contributed by atoms with E-state index in [-0.39, 0.29) is 29.0 Å². The van der Waals surface area contributed by atoms with E-state index in [0.29, 0.717) is 22.9 Å². The van der Waals surface area contributed by atoms with Gasteiger partial charge in [-0.05, 0) is 56.4 Å². The molecule has 0 spiro atoms. The summed E-state index contributed by atoms with van der Waals surface area (Å²) >= 11 is 0. The van der Waals surface area contributed by atoms with Crippen molar-refractivity contribution in [1.82, 2.24) is 19.7 Å². The number of aliphatic hydroxyl groups is 1. The van der Waals surface area contributed by atoms with Gasteiger partial charge in [-0.15, -0.1) is 0 Å². The predicted molar refractivity (Wildman–Crippen MR) is 116 cm³/mol. The molecule has 2 saturated carbocycles. The number of amides is 1. The Morgan fingerprint density at radius 1 is 1.33 bits per heavy atom. The Bertz CT molecular complexity index is 1440. The third-order valence-corrected chi connectivity index (χ3v) is 6.01. The maximum absolute atomic E-state index is 14.9. The first-order valence-electron chi connectivity index (χ1n) is 10.8. The quantitative estimate of drug-likeness (QED) is 0.598. The van der Waals surface area contributed by atoms with Gasteiger partial charge in [-0.2, -0.15) is 4.98 Å². The Morgan fingerprint density at radius 3 is 2.82 bits per heavy atom. The van der Waals surface area contributed by atoms with Crippen molar-refractivity contribution in [3.8, 4) is 34.8 Å². The third kappa shape index (κ3) is 3.34. The second kappa shape index (κ2) is 6.62. The zero-order chi connectivity index (χ0) is 23.1. The van der Waals surface area contributed by atoms with Gasteiger partial charge in [0.1, 0.15) is 22.9 Å². The van der Waals surface area contributed by atoms with Crippen LogP contribution in [0.25, 0.3) is 29.2 Å². The maximum atomic E-state index is 14.9. The molecule has 0 radical (unpaired) electrons. The lowest BCUT2D eigenvalue weighted by Crippen LogP contribution is -2.14. The molecule has 3 aliphatic rings. The maximum Gasteiger partial charge on any atom is 0.277 e. The zero-order valence-electron chi connectivity index (χ0n) is 18.0. The van der Waals surface area contributed by atoms with E-state index in [1.165, 1.54) is 19.9 Å². The summed E-state index contributed by atoms with van der Waals surface area (Å²) in [4.78, 5) is 21.3. The molecular weight excluding hydrogens is 425 g/mol. The van der Waals surface area contributed by atoms with Crippen molar-refractivity contribution in [2.45, 2.75) is 50.5 Å². The Kier molecular flexibility index (Phi) is 3.99. The molecule has 1 aromatic carbocycles. The van der Waals surface area contributed by atoms with Crippen LogP contribution in [0, 0.1) is 17.7 Å². The Morgan fingerprint density at radius 2 is 2.12 bits per heavy atom. The average Bonchev–Trinajstić information content (AvgIpc) is 3.64. The molecule has 1 unspecified atom stereocenters. The topological polar surface area (TPSA) is 120 Å². The smallest absolute Gasteiger partial charge is 0.277 e. The lowest BCUT2D eigenvalue weighted by molar-refractivity contribution is 0.0996. The highest BCUT2D eigenvalue weighted by molar-refractivity contribution is 5.98. The Hall–Kier alpha value is -3.77. The number of primary amides is 1. The molecule has 1 atom stereocenters. The van der Waals surface area contributed by atoms with Crippen LogP contribution >= 0.6 is 0 Å². The van der Waals surface area contributed by atoms with Crippen LogP contribution in [0.5, 0.6) is 0 Å². The van der Waals surface area contributed by atoms with E-state index in [9.17, 15) is 14.3 Å². The molecular formula is C24H20FN5O3. The first kappa shape index (κ1) is 19.9. The fourth-order valence-electron chi connectivity index (χ4n) is 4.14. The number of hydrogen-bond donors (Lipinski definition) is 2. The summed E-state index contributed by atoms with van der Waals surface area (Å²) in [6.45, 7) is 3.06. The summed E-state index contributed by atoms with van der Waals surface area (Å²) in [6, 6.07) is 3.07. The summed E-state index contributed by atoms with van der Waals surface area (Å²) in [5.41, 5.74) is 7.33. The molecule has 2 fully saturated rings. The molecule has 2 aliphatic carbocycles. The highest BCUT2D eigenvalue weighted by Crippen LogP contribution is 2.53. The Labute approximate surface area is 188 Å². The van der Waals surface area contributed by atoms with Crippen molar-refractivity contribution in [2.75, 3.05) is 0 Å². The molecule has 1 amide bonds. The number of hydrogen-bond acceptors (Lipinski definition) is 6. The molecule has 2 aromatic heterocycles. The molecule has 3 N–H and O–H groups in total. The number of allylic oxidation sites excluding steroid dienone is 1. The highest BCUT2D eigenvalue weighted by Gasteiger charge is 2.40. The molecule has 33 heavy (non-hydrogen) atoms. The number of carbonyl (C=O) groups is 1. The van der Waals surface area contributed by atoms with Gasteiger partial charge in [-0.1, -0.05) is 17.0 Å². The second-order valence-corrected chi connectivity index (χ2v) is 9.29. The number of benzene rings is 1. The van der Waals surface area contributed by atoms with E-state index < -0.39 is 17.3 Å². The van der Waals surface area contributed by atoms with Gasteiger partial charge in [0, 0.05) is 23.6 Å². The van der Waals surface area contributed by atoms with Crippen molar-refractivity contribution < 1.29 is 18.8 Å². The number of carbonyl (C=O) groups excluding carboxylic acids is 1. The summed E-state index contributed by atoms with van der Waals surface area (Å²) in [6.07, 6.45) is 4.66. The molecule has 8 nitrogen and oxygen atoms in total. The van der Waals surface area contributed by atoms with Gasteiger partial charge in [0.25, 0.3) is 11.8 Å². The van der Waals surface area contributed by atoms with E-state index in [2.05, 4.69) is 27.0 Å². The van der Waals surface area contributed by atoms with Gasteiger partial charge in [-0.3, -0.25) is 9.36 Å². The molecule has 3 heterocycles. The van der Waals surface area contributed by atoms with E-state index in [4.69, 9.17) is 10.3 Å². The molecule has 6 rings (SSSR count). The number of halogens is 1. The van der Waals surface area contributed by atoms with Crippen LogP contribution in [0.2, 0.25) is 0 Å². The van der Waals surface area contributed by atoms with Gasteiger partial charge in [0.15, 0.2) is 11.5 Å². The summed E-state index contributed by atoms with van der Waals surface area (Å²) in [7, 11) is 0. The van der Waals surface area contributed by atoms with Gasteiger partial charge in [0.2, 0.25) is 0 Å². The van der Waals surface area contributed by atoms with Crippen molar-refractivity contribution in [3.05, 3.63) is 46.2 Å². The SMILES string of the molecule is CC(C)(O)C#Cc1cc2c(cc1F)C1CC1=Cn1c-2nc(C(N)=O)c1-c1nc(C2CC2)no1. The minimum absolute atomic E-state index is 0.00588. The second-order valence-electron chi connectivity index (χ2n) is 9.29. The Balaban J connectivity index is 1.58. The van der Waals surface area contributed by atoms with Crippen molar-refractivity contribution >= 4 is 12.1 Å². The minimum atomic E-state index is -1.27. The summed E-state index contributed by atoms with van der Waals surface area (Å²) in [5.74, 6) is 5.69. The van der Waals surface area contributed by atoms with Gasteiger partial charge >= 0.3 is 0 Å². The van der Waals surface area contributed by atoms with Crippen LogP contribution in [0.3, 0.4) is 0 Å². The largest absolute Gasteiger partial charge is 0.378 e. The van der Waals surface area contributed by atoms with E-state index in [1.54, 1.807) is 10.6 Å². The number of nitrogens with two attached hydrogens (primary N) is 1. The molecule has 0 bridgehead atoms. The number of fused-ring (bicyclic) bond motifs is 5. The lowest BCUT2D eigenvalue weighted by Gasteiger charge is -2.10. The first-order valence-corrected chi connectivity index (χ1v) is 10.8. The van der Waals surface area contributed by atoms with Crippen LogP contribution in [0.15, 0.2) is 22.2 Å². The zero-order valence-corrected chi connectivity index (χ0v) is 18.0.